The normalized spacial score (nSPS) is 10.7. The summed E-state index contributed by atoms with van der Waals surface area (Å²) in [4.78, 5) is 12.2. The lowest BCUT2D eigenvalue weighted by Gasteiger charge is -2.10. The number of aromatic nitrogens is 3. The molecule has 3 rings (SSSR count). The molecule has 0 fully saturated rings. The third kappa shape index (κ3) is 5.06. The van der Waals surface area contributed by atoms with Crippen LogP contribution in [0.3, 0.4) is 0 Å². The quantitative estimate of drug-likeness (QED) is 0.444. The zero-order valence-electron chi connectivity index (χ0n) is 14.0. The minimum absolute atomic E-state index is 0.231. The fourth-order valence-electron chi connectivity index (χ4n) is 2.48. The molecule has 0 N–H and O–H groups in total. The molecule has 6 heteroatoms. The fraction of sp³-hybridized carbons (Fsp3) is 0.263. The van der Waals surface area contributed by atoms with E-state index < -0.39 is 0 Å². The van der Waals surface area contributed by atoms with Gasteiger partial charge >= 0.3 is 5.97 Å². The first-order valence-electron chi connectivity index (χ1n) is 8.24. The van der Waals surface area contributed by atoms with Gasteiger partial charge in [0.05, 0.1) is 19.8 Å². The van der Waals surface area contributed by atoms with Crippen LogP contribution in [0.1, 0.15) is 16.1 Å². The summed E-state index contributed by atoms with van der Waals surface area (Å²) in [6.07, 6.45) is 5.49. The van der Waals surface area contributed by atoms with Crippen LogP contribution in [0.2, 0.25) is 0 Å². The molecular formula is C19H21N3O3. The van der Waals surface area contributed by atoms with Crippen molar-refractivity contribution < 1.29 is 14.3 Å². The van der Waals surface area contributed by atoms with E-state index in [1.165, 1.54) is 0 Å². The van der Waals surface area contributed by atoms with Gasteiger partial charge in [-0.3, -0.25) is 4.68 Å². The Morgan fingerprint density at radius 2 is 1.84 bits per heavy atom. The van der Waals surface area contributed by atoms with Gasteiger partial charge < -0.3 is 14.0 Å². The van der Waals surface area contributed by atoms with Gasteiger partial charge in [-0.1, -0.05) is 30.3 Å². The molecule has 1 aromatic carbocycles. The van der Waals surface area contributed by atoms with Crippen LogP contribution >= 0.6 is 0 Å². The highest BCUT2D eigenvalue weighted by molar-refractivity contribution is 5.87. The highest BCUT2D eigenvalue weighted by Crippen LogP contribution is 2.09. The van der Waals surface area contributed by atoms with E-state index in [1.54, 1.807) is 16.9 Å². The molecule has 25 heavy (non-hydrogen) atoms. The summed E-state index contributed by atoms with van der Waals surface area (Å²) < 4.78 is 14.4. The molecule has 0 bridgehead atoms. The average Bonchev–Trinajstić information content (AvgIpc) is 3.30. The number of rotatable bonds is 9. The van der Waals surface area contributed by atoms with Crippen LogP contribution in [0.5, 0.6) is 0 Å². The highest BCUT2D eigenvalue weighted by atomic mass is 16.6. The number of nitrogens with zero attached hydrogens (tertiary/aromatic N) is 3. The Kier molecular flexibility index (Phi) is 6.01. The van der Waals surface area contributed by atoms with Crippen molar-refractivity contribution in [1.82, 2.24) is 14.3 Å². The van der Waals surface area contributed by atoms with E-state index in [0.29, 0.717) is 32.0 Å². The van der Waals surface area contributed by atoms with Gasteiger partial charge in [0.2, 0.25) is 0 Å². The van der Waals surface area contributed by atoms with Gasteiger partial charge in [0, 0.05) is 25.1 Å². The van der Waals surface area contributed by atoms with E-state index in [4.69, 9.17) is 9.47 Å². The Morgan fingerprint density at radius 1 is 0.960 bits per heavy atom. The summed E-state index contributed by atoms with van der Waals surface area (Å²) in [6.45, 7) is 2.45. The third-order valence-electron chi connectivity index (χ3n) is 3.72. The van der Waals surface area contributed by atoms with Gasteiger partial charge in [0.25, 0.3) is 0 Å². The molecule has 0 saturated heterocycles. The maximum atomic E-state index is 12.2. The van der Waals surface area contributed by atoms with Gasteiger partial charge in [-0.05, 0) is 23.8 Å². The summed E-state index contributed by atoms with van der Waals surface area (Å²) in [5, 5.41) is 4.09. The number of hydrogen-bond acceptors (Lipinski definition) is 4. The number of carbonyl (C=O) groups is 1. The Balaban J connectivity index is 1.40. The van der Waals surface area contributed by atoms with E-state index in [2.05, 4.69) is 5.10 Å². The molecule has 0 unspecified atom stereocenters. The van der Waals surface area contributed by atoms with Crippen molar-refractivity contribution >= 4 is 5.97 Å². The summed E-state index contributed by atoms with van der Waals surface area (Å²) in [7, 11) is 0. The predicted molar refractivity (Wildman–Crippen MR) is 93.3 cm³/mol. The van der Waals surface area contributed by atoms with Crippen molar-refractivity contribution in [2.75, 3.05) is 19.8 Å². The van der Waals surface area contributed by atoms with Crippen molar-refractivity contribution in [3.05, 3.63) is 78.4 Å². The lowest BCUT2D eigenvalue weighted by Crippen LogP contribution is -2.16. The summed E-state index contributed by atoms with van der Waals surface area (Å²) in [6, 6.07) is 15.5. The average molecular weight is 339 g/mol. The molecule has 0 aliphatic rings. The number of ether oxygens (including phenoxy) is 2. The largest absolute Gasteiger partial charge is 0.459 e. The third-order valence-corrected chi connectivity index (χ3v) is 3.72. The van der Waals surface area contributed by atoms with Crippen LogP contribution in [-0.4, -0.2) is 40.1 Å². The molecule has 130 valence electrons. The monoisotopic (exact) mass is 339 g/mol. The number of hydrogen-bond donors (Lipinski definition) is 0. The minimum Gasteiger partial charge on any atom is -0.459 e. The summed E-state index contributed by atoms with van der Waals surface area (Å²) in [5.74, 6) is -0.336. The van der Waals surface area contributed by atoms with E-state index in [1.807, 2.05) is 59.4 Å². The molecule has 0 saturated carbocycles. The Hall–Kier alpha value is -2.86. The zero-order valence-corrected chi connectivity index (χ0v) is 14.0. The molecule has 0 aliphatic carbocycles. The first-order valence-corrected chi connectivity index (χ1v) is 8.24. The van der Waals surface area contributed by atoms with Crippen LogP contribution in [0.4, 0.5) is 0 Å². The first-order chi connectivity index (χ1) is 12.3. The molecule has 0 amide bonds. The maximum Gasteiger partial charge on any atom is 0.355 e. The molecule has 2 aromatic heterocycles. The van der Waals surface area contributed by atoms with Crippen LogP contribution in [0.25, 0.3) is 0 Å². The van der Waals surface area contributed by atoms with E-state index in [-0.39, 0.29) is 12.6 Å². The smallest absolute Gasteiger partial charge is 0.355 e. The van der Waals surface area contributed by atoms with Crippen LogP contribution in [0, 0.1) is 0 Å². The van der Waals surface area contributed by atoms with Gasteiger partial charge in [-0.2, -0.15) is 5.10 Å². The van der Waals surface area contributed by atoms with Crippen LogP contribution < -0.4 is 0 Å². The van der Waals surface area contributed by atoms with Gasteiger partial charge in [0.15, 0.2) is 0 Å². The summed E-state index contributed by atoms with van der Waals surface area (Å²) in [5.41, 5.74) is 1.68. The molecule has 0 spiro atoms. The lowest BCUT2D eigenvalue weighted by atomic mass is 10.2. The Labute approximate surface area is 146 Å². The van der Waals surface area contributed by atoms with Crippen molar-refractivity contribution in [3.8, 4) is 0 Å². The SMILES string of the molecule is O=C(OCCOCCn1cccn1)c1cccn1Cc1ccccc1. The minimum atomic E-state index is -0.336. The predicted octanol–water partition coefficient (Wildman–Crippen LogP) is 2.61. The molecular weight excluding hydrogens is 318 g/mol. The maximum absolute atomic E-state index is 12.2. The topological polar surface area (TPSA) is 58.3 Å². The van der Waals surface area contributed by atoms with Gasteiger partial charge in [0.1, 0.15) is 12.3 Å². The van der Waals surface area contributed by atoms with Crippen LogP contribution in [-0.2, 0) is 22.6 Å². The molecule has 0 radical (unpaired) electrons. The van der Waals surface area contributed by atoms with Gasteiger partial charge in [-0.25, -0.2) is 4.79 Å². The van der Waals surface area contributed by atoms with Crippen molar-refractivity contribution in [2.24, 2.45) is 0 Å². The van der Waals surface area contributed by atoms with Crippen molar-refractivity contribution in [3.63, 3.8) is 0 Å². The second-order valence-corrected chi connectivity index (χ2v) is 5.52. The Bertz CT molecular complexity index is 766. The van der Waals surface area contributed by atoms with Crippen molar-refractivity contribution in [1.29, 1.82) is 0 Å². The Morgan fingerprint density at radius 3 is 2.64 bits per heavy atom. The molecule has 2 heterocycles. The van der Waals surface area contributed by atoms with Crippen LogP contribution in [0.15, 0.2) is 67.1 Å². The second kappa shape index (κ2) is 8.84. The first kappa shape index (κ1) is 17.0. The number of benzene rings is 1. The zero-order chi connectivity index (χ0) is 17.3. The lowest BCUT2D eigenvalue weighted by molar-refractivity contribution is 0.0293. The fourth-order valence-corrected chi connectivity index (χ4v) is 2.48. The number of carbonyl (C=O) groups excluding carboxylic acids is 1. The number of esters is 1. The van der Waals surface area contributed by atoms with E-state index >= 15 is 0 Å². The highest BCUT2D eigenvalue weighted by Gasteiger charge is 2.12. The second-order valence-electron chi connectivity index (χ2n) is 5.52. The van der Waals surface area contributed by atoms with Crippen molar-refractivity contribution in [2.45, 2.75) is 13.1 Å². The van der Waals surface area contributed by atoms with E-state index in [9.17, 15) is 4.79 Å². The summed E-state index contributed by atoms with van der Waals surface area (Å²) >= 11 is 0. The molecule has 0 atom stereocenters. The van der Waals surface area contributed by atoms with E-state index in [0.717, 1.165) is 5.56 Å². The molecule has 0 aliphatic heterocycles. The molecule has 3 aromatic rings. The standard InChI is InChI=1S/C19H21N3O3/c23-19(25-15-14-24-13-12-22-11-5-9-20-22)18-8-4-10-21(18)16-17-6-2-1-3-7-17/h1-11H,12-16H2. The molecule has 6 nitrogen and oxygen atoms in total. The van der Waals surface area contributed by atoms with Gasteiger partial charge in [-0.15, -0.1) is 0 Å².